The molecule has 10 heteroatoms. The molecule has 0 aromatic carbocycles. The monoisotopic (exact) mass is 456 g/mol. The van der Waals surface area contributed by atoms with Gasteiger partial charge in [-0.25, -0.2) is 0 Å². The molecule has 4 unspecified atom stereocenters. The Labute approximate surface area is 191 Å². The molecule has 32 heavy (non-hydrogen) atoms. The highest BCUT2D eigenvalue weighted by molar-refractivity contribution is 5.88. The first-order valence-electron chi connectivity index (χ1n) is 11.3. The Kier molecular flexibility index (Phi) is 12.4. The number of likely N-dealkylation sites (tertiary alicyclic amines) is 1. The Bertz CT molecular complexity index is 632. The number of carbonyl (C=O) groups excluding carboxylic acids is 4. The Morgan fingerprint density at radius 2 is 1.97 bits per heavy atom. The van der Waals surface area contributed by atoms with Crippen molar-refractivity contribution >= 4 is 24.0 Å². The van der Waals surface area contributed by atoms with E-state index in [4.69, 9.17) is 9.47 Å². The molecule has 0 radical (unpaired) electrons. The van der Waals surface area contributed by atoms with Gasteiger partial charge in [-0.1, -0.05) is 13.8 Å². The molecule has 1 rings (SSSR count). The minimum absolute atomic E-state index is 0.0143. The predicted octanol–water partition coefficient (Wildman–Crippen LogP) is 0.106. The van der Waals surface area contributed by atoms with Gasteiger partial charge in [-0.2, -0.15) is 0 Å². The second-order valence-electron chi connectivity index (χ2n) is 8.24. The minimum Gasteiger partial charge on any atom is -0.354 e. The van der Waals surface area contributed by atoms with Crippen molar-refractivity contribution in [3.05, 3.63) is 0 Å². The number of aldehydes is 1. The van der Waals surface area contributed by atoms with E-state index in [0.29, 0.717) is 25.8 Å². The molecule has 4 atom stereocenters. The van der Waals surface area contributed by atoms with Crippen LogP contribution in [0, 0.1) is 5.92 Å². The van der Waals surface area contributed by atoms with Gasteiger partial charge in [0.1, 0.15) is 12.3 Å². The van der Waals surface area contributed by atoms with E-state index in [1.54, 1.807) is 7.05 Å². The average Bonchev–Trinajstić information content (AvgIpc) is 3.26. The molecule has 1 N–H and O–H groups in total. The fourth-order valence-corrected chi connectivity index (χ4v) is 4.04. The van der Waals surface area contributed by atoms with Crippen LogP contribution in [0.2, 0.25) is 0 Å². The molecule has 1 aliphatic rings. The summed E-state index contributed by atoms with van der Waals surface area (Å²) in [5, 5.41) is 3.03. The third-order valence-corrected chi connectivity index (χ3v) is 5.92. The maximum Gasteiger partial charge on any atom is 0.245 e. The molecule has 0 aromatic rings. The van der Waals surface area contributed by atoms with Crippen molar-refractivity contribution in [3.8, 4) is 0 Å². The molecule has 1 heterocycles. The highest BCUT2D eigenvalue weighted by atomic mass is 16.7. The maximum absolute atomic E-state index is 12.8. The molecule has 0 spiro atoms. The fourth-order valence-electron chi connectivity index (χ4n) is 4.04. The second kappa shape index (κ2) is 14.2. The minimum atomic E-state index is -0.637. The highest BCUT2D eigenvalue weighted by Crippen LogP contribution is 2.24. The van der Waals surface area contributed by atoms with Gasteiger partial charge >= 0.3 is 0 Å². The smallest absolute Gasteiger partial charge is 0.245 e. The van der Waals surface area contributed by atoms with E-state index in [2.05, 4.69) is 5.32 Å². The van der Waals surface area contributed by atoms with Gasteiger partial charge in [-0.15, -0.1) is 0 Å². The predicted molar refractivity (Wildman–Crippen MR) is 120 cm³/mol. The van der Waals surface area contributed by atoms with E-state index >= 15 is 0 Å². The van der Waals surface area contributed by atoms with E-state index in [-0.39, 0.29) is 49.3 Å². The summed E-state index contributed by atoms with van der Waals surface area (Å²) in [6.45, 7) is 5.07. The third kappa shape index (κ3) is 7.53. The summed E-state index contributed by atoms with van der Waals surface area (Å²) in [6, 6.07) is -0.830. The van der Waals surface area contributed by atoms with Gasteiger partial charge in [0.15, 0.2) is 6.29 Å². The van der Waals surface area contributed by atoms with Gasteiger partial charge in [-0.3, -0.25) is 14.4 Å². The lowest BCUT2D eigenvalue weighted by Gasteiger charge is -2.33. The summed E-state index contributed by atoms with van der Waals surface area (Å²) >= 11 is 0. The molecular weight excluding hydrogens is 416 g/mol. The summed E-state index contributed by atoms with van der Waals surface area (Å²) < 4.78 is 11.4. The zero-order valence-corrected chi connectivity index (χ0v) is 20.3. The lowest BCUT2D eigenvalue weighted by molar-refractivity contribution is -0.171. The van der Waals surface area contributed by atoms with Crippen LogP contribution < -0.4 is 5.32 Å². The molecule has 0 bridgehead atoms. The van der Waals surface area contributed by atoms with Crippen LogP contribution in [0.15, 0.2) is 0 Å². The zero-order valence-electron chi connectivity index (χ0n) is 20.3. The first kappa shape index (κ1) is 28.0. The number of rotatable bonds is 14. The molecule has 10 nitrogen and oxygen atoms in total. The third-order valence-electron chi connectivity index (χ3n) is 5.92. The van der Waals surface area contributed by atoms with Gasteiger partial charge < -0.3 is 34.3 Å². The highest BCUT2D eigenvalue weighted by Gasteiger charge is 2.37. The average molecular weight is 457 g/mol. The number of ether oxygens (including phenoxy) is 2. The first-order valence-corrected chi connectivity index (χ1v) is 11.3. The van der Waals surface area contributed by atoms with Crippen LogP contribution >= 0.6 is 0 Å². The van der Waals surface area contributed by atoms with E-state index in [0.717, 1.165) is 12.8 Å². The summed E-state index contributed by atoms with van der Waals surface area (Å²) in [7, 11) is 6.47. The molecular formula is C22H40N4O6. The molecule has 0 aromatic heterocycles. The van der Waals surface area contributed by atoms with Crippen molar-refractivity contribution in [1.29, 1.82) is 0 Å². The van der Waals surface area contributed by atoms with Crippen LogP contribution in [0.5, 0.6) is 0 Å². The van der Waals surface area contributed by atoms with Crippen LogP contribution in [0.3, 0.4) is 0 Å². The Morgan fingerprint density at radius 1 is 1.28 bits per heavy atom. The van der Waals surface area contributed by atoms with Crippen molar-refractivity contribution in [2.45, 2.75) is 57.9 Å². The van der Waals surface area contributed by atoms with Crippen LogP contribution in [-0.4, -0.2) is 112 Å². The van der Waals surface area contributed by atoms with Gasteiger partial charge in [0.05, 0.1) is 25.6 Å². The fraction of sp³-hybridized carbons (Fsp3) is 0.818. The number of amides is 3. The van der Waals surface area contributed by atoms with Gasteiger partial charge in [-0.05, 0) is 26.3 Å². The lowest BCUT2D eigenvalue weighted by Crippen LogP contribution is -2.49. The largest absolute Gasteiger partial charge is 0.354 e. The van der Waals surface area contributed by atoms with Crippen LogP contribution in [-0.2, 0) is 28.7 Å². The van der Waals surface area contributed by atoms with E-state index in [1.807, 2.05) is 25.8 Å². The number of nitrogens with one attached hydrogen (secondary N) is 1. The quantitative estimate of drug-likeness (QED) is 0.292. The molecule has 1 aliphatic heterocycles. The standard InChI is InChI=1S/C22H40N4O6/c1-7-17(21(30)24(4)12-13-27)25(5)19(28)10-14-32-22(31-6)18-9-8-11-26(18)20(29)16(2)15-23-3/h13,16-18,22-23H,7-12,14-15H2,1-6H3. The molecule has 1 fully saturated rings. The Balaban J connectivity index is 2.65. The van der Waals surface area contributed by atoms with Crippen LogP contribution in [0.1, 0.15) is 39.5 Å². The van der Waals surface area contributed by atoms with Crippen molar-refractivity contribution in [2.75, 3.05) is 54.5 Å². The number of hydrogen-bond acceptors (Lipinski definition) is 7. The first-order chi connectivity index (χ1) is 15.2. The second-order valence-corrected chi connectivity index (χ2v) is 8.24. The summed E-state index contributed by atoms with van der Waals surface area (Å²) in [5.74, 6) is -0.593. The normalized spacial score (nSPS) is 18.7. The maximum atomic E-state index is 12.8. The Hall–Kier alpha value is -2.04. The number of likely N-dealkylation sites (N-methyl/N-ethyl adjacent to an activating group) is 2. The molecule has 0 aliphatic carbocycles. The Morgan fingerprint density at radius 3 is 2.53 bits per heavy atom. The molecule has 0 saturated carbocycles. The number of methoxy groups -OCH3 is 1. The van der Waals surface area contributed by atoms with Crippen molar-refractivity contribution < 1.29 is 28.7 Å². The van der Waals surface area contributed by atoms with Crippen molar-refractivity contribution in [2.24, 2.45) is 5.92 Å². The van der Waals surface area contributed by atoms with Gasteiger partial charge in [0.2, 0.25) is 17.7 Å². The zero-order chi connectivity index (χ0) is 24.3. The topological polar surface area (TPSA) is 108 Å². The SMILES string of the molecule is CCC(C(=O)N(C)CC=O)N(C)C(=O)CCOC(OC)C1CCCN1C(=O)C(C)CNC. The summed E-state index contributed by atoms with van der Waals surface area (Å²) in [6.07, 6.45) is 2.21. The number of nitrogens with zero attached hydrogens (tertiary/aromatic N) is 3. The van der Waals surface area contributed by atoms with Gasteiger partial charge in [0.25, 0.3) is 0 Å². The van der Waals surface area contributed by atoms with Gasteiger partial charge in [0, 0.05) is 40.2 Å². The molecule has 184 valence electrons. The number of hydrogen-bond donors (Lipinski definition) is 1. The van der Waals surface area contributed by atoms with Crippen molar-refractivity contribution in [3.63, 3.8) is 0 Å². The molecule has 3 amide bonds. The summed E-state index contributed by atoms with van der Waals surface area (Å²) in [5.41, 5.74) is 0. The van der Waals surface area contributed by atoms with Crippen LogP contribution in [0.25, 0.3) is 0 Å². The molecule has 1 saturated heterocycles. The van der Waals surface area contributed by atoms with Crippen LogP contribution in [0.4, 0.5) is 0 Å². The van der Waals surface area contributed by atoms with Crippen molar-refractivity contribution in [1.82, 2.24) is 20.0 Å². The number of carbonyl (C=O) groups is 4. The van der Waals surface area contributed by atoms with E-state index < -0.39 is 12.3 Å². The van der Waals surface area contributed by atoms with E-state index in [1.165, 1.54) is 24.0 Å². The lowest BCUT2D eigenvalue weighted by atomic mass is 10.1. The van der Waals surface area contributed by atoms with E-state index in [9.17, 15) is 19.2 Å². The summed E-state index contributed by atoms with van der Waals surface area (Å²) in [4.78, 5) is 53.1.